The Morgan fingerprint density at radius 2 is 1.06 bits per heavy atom. The van der Waals surface area contributed by atoms with Crippen LogP contribution in [0.5, 0.6) is 5.75 Å². The third-order valence-electron chi connectivity index (χ3n) is 3.49. The van der Waals surface area contributed by atoms with Gasteiger partial charge < -0.3 is 28.4 Å². The number of benzene rings is 1. The van der Waals surface area contributed by atoms with E-state index in [1.165, 1.54) is 0 Å². The average Bonchev–Trinajstić information content (AvgIpc) is 2.81. The number of azide groups is 1. The maximum Gasteiger partial charge on any atom is 0.337 e. The van der Waals surface area contributed by atoms with E-state index in [0.717, 1.165) is 0 Å². The summed E-state index contributed by atoms with van der Waals surface area (Å²) in [7, 11) is 0. The van der Waals surface area contributed by atoms with Gasteiger partial charge in [-0.05, 0) is 5.53 Å². The molecule has 1 rings (SSSR count). The molecular formula is C18H22F5N3O7. The van der Waals surface area contributed by atoms with Crippen molar-refractivity contribution >= 4 is 5.97 Å². The zero-order valence-corrected chi connectivity index (χ0v) is 17.4. The Balaban J connectivity index is 2.00. The van der Waals surface area contributed by atoms with E-state index >= 15 is 0 Å². The Labute approximate surface area is 185 Å². The molecule has 0 saturated heterocycles. The van der Waals surface area contributed by atoms with E-state index in [1.54, 1.807) is 0 Å². The zero-order valence-electron chi connectivity index (χ0n) is 17.4. The summed E-state index contributed by atoms with van der Waals surface area (Å²) in [5, 5.41) is 3.30. The number of ether oxygens (including phenoxy) is 6. The molecule has 0 heterocycles. The molecule has 0 fully saturated rings. The Bertz CT molecular complexity index is 768. The largest absolute Gasteiger partial charge is 0.418 e. The highest BCUT2D eigenvalue weighted by Gasteiger charge is 2.28. The molecule has 0 unspecified atom stereocenters. The highest BCUT2D eigenvalue weighted by atomic mass is 19.2. The highest BCUT2D eigenvalue weighted by molar-refractivity contribution is 5.73. The number of rotatable bonds is 18. The fraction of sp³-hybridized carbons (Fsp3) is 0.611. The number of halogens is 5. The number of esters is 1. The quantitative estimate of drug-likeness (QED) is 0.0359. The molecule has 0 saturated carbocycles. The van der Waals surface area contributed by atoms with Crippen molar-refractivity contribution in [1.29, 1.82) is 0 Å². The van der Waals surface area contributed by atoms with Crippen LogP contribution in [-0.4, -0.2) is 78.6 Å². The first kappa shape index (κ1) is 28.5. The summed E-state index contributed by atoms with van der Waals surface area (Å²) >= 11 is 0. The number of hydrogen-bond acceptors (Lipinski definition) is 8. The SMILES string of the molecule is [N-]=[N+]=NCCOCCOCCOCCOCCOCC(=O)Oc1c(F)c(F)c(F)c(F)c1F. The molecular weight excluding hydrogens is 465 g/mol. The van der Waals surface area contributed by atoms with Crippen molar-refractivity contribution in [2.45, 2.75) is 0 Å². The molecule has 0 amide bonds. The van der Waals surface area contributed by atoms with Gasteiger partial charge in [0.15, 0.2) is 0 Å². The molecule has 1 aromatic rings. The average molecular weight is 487 g/mol. The Morgan fingerprint density at radius 1 is 0.667 bits per heavy atom. The van der Waals surface area contributed by atoms with Gasteiger partial charge in [-0.3, -0.25) is 0 Å². The fourth-order valence-electron chi connectivity index (χ4n) is 2.00. The summed E-state index contributed by atoms with van der Waals surface area (Å²) in [4.78, 5) is 14.0. The van der Waals surface area contributed by atoms with Gasteiger partial charge in [-0.15, -0.1) is 0 Å². The fourth-order valence-corrected chi connectivity index (χ4v) is 2.00. The van der Waals surface area contributed by atoms with E-state index in [2.05, 4.69) is 14.8 Å². The predicted molar refractivity (Wildman–Crippen MR) is 100.0 cm³/mol. The second kappa shape index (κ2) is 17.0. The lowest BCUT2D eigenvalue weighted by atomic mass is 10.2. The Kier molecular flexibility index (Phi) is 14.7. The van der Waals surface area contributed by atoms with E-state index in [4.69, 9.17) is 29.2 Å². The highest BCUT2D eigenvalue weighted by Crippen LogP contribution is 2.29. The van der Waals surface area contributed by atoms with Crippen LogP contribution in [-0.2, 0) is 28.5 Å². The van der Waals surface area contributed by atoms with Crippen LogP contribution in [0.15, 0.2) is 5.11 Å². The van der Waals surface area contributed by atoms with Crippen molar-refractivity contribution in [1.82, 2.24) is 0 Å². The molecule has 186 valence electrons. The molecule has 0 radical (unpaired) electrons. The topological polar surface area (TPSA) is 121 Å². The van der Waals surface area contributed by atoms with Gasteiger partial charge in [-0.25, -0.2) is 18.0 Å². The van der Waals surface area contributed by atoms with Crippen LogP contribution in [0.4, 0.5) is 22.0 Å². The molecule has 0 aliphatic carbocycles. The molecule has 33 heavy (non-hydrogen) atoms. The summed E-state index contributed by atoms with van der Waals surface area (Å²) in [6, 6.07) is 0. The van der Waals surface area contributed by atoms with Gasteiger partial charge in [0.05, 0.1) is 59.5 Å². The van der Waals surface area contributed by atoms with E-state index < -0.39 is 47.4 Å². The molecule has 0 aromatic heterocycles. The van der Waals surface area contributed by atoms with Crippen LogP contribution >= 0.6 is 0 Å². The van der Waals surface area contributed by atoms with Gasteiger partial charge >= 0.3 is 5.97 Å². The second-order valence-electron chi connectivity index (χ2n) is 5.83. The first-order valence-electron chi connectivity index (χ1n) is 9.51. The van der Waals surface area contributed by atoms with Crippen molar-refractivity contribution in [3.05, 3.63) is 39.5 Å². The van der Waals surface area contributed by atoms with Crippen LogP contribution in [0.2, 0.25) is 0 Å². The summed E-state index contributed by atoms with van der Waals surface area (Å²) in [6.45, 7) is 1.57. The number of carbonyl (C=O) groups excluding carboxylic acids is 1. The molecule has 0 spiro atoms. The van der Waals surface area contributed by atoms with Crippen molar-refractivity contribution in [2.75, 3.05) is 72.6 Å². The maximum absolute atomic E-state index is 13.4. The second-order valence-corrected chi connectivity index (χ2v) is 5.83. The first-order chi connectivity index (χ1) is 15.9. The summed E-state index contributed by atoms with van der Waals surface area (Å²) < 4.78 is 95.6. The summed E-state index contributed by atoms with van der Waals surface area (Å²) in [5.41, 5.74) is 8.07. The smallest absolute Gasteiger partial charge is 0.337 e. The Hall–Kier alpha value is -2.55. The summed E-state index contributed by atoms with van der Waals surface area (Å²) in [6.07, 6.45) is 0. The van der Waals surface area contributed by atoms with Gasteiger partial charge in [0.2, 0.25) is 34.8 Å². The monoisotopic (exact) mass is 487 g/mol. The standard InChI is InChI=1S/C18H22F5N3O7/c19-13-14(20)16(22)18(17(23)15(13)21)33-12(27)11-32-10-9-31-8-7-30-6-5-29-4-3-28-2-1-25-26-24/h1-11H2. The van der Waals surface area contributed by atoms with Crippen molar-refractivity contribution in [3.63, 3.8) is 0 Å². The number of nitrogens with zero attached hydrogens (tertiary/aromatic N) is 3. The molecule has 0 aliphatic heterocycles. The molecule has 0 aliphatic rings. The van der Waals surface area contributed by atoms with Crippen molar-refractivity contribution in [2.24, 2.45) is 5.11 Å². The zero-order chi connectivity index (χ0) is 24.5. The Morgan fingerprint density at radius 3 is 1.52 bits per heavy atom. The van der Waals surface area contributed by atoms with Crippen LogP contribution in [0.1, 0.15) is 0 Å². The molecule has 15 heteroatoms. The minimum atomic E-state index is -2.36. The first-order valence-corrected chi connectivity index (χ1v) is 9.51. The van der Waals surface area contributed by atoms with Crippen LogP contribution < -0.4 is 4.74 Å². The number of hydrogen-bond donors (Lipinski definition) is 0. The van der Waals surface area contributed by atoms with Gasteiger partial charge in [0, 0.05) is 11.5 Å². The van der Waals surface area contributed by atoms with Gasteiger partial charge in [-0.2, -0.15) is 8.78 Å². The maximum atomic E-state index is 13.4. The molecule has 0 N–H and O–H groups in total. The number of carbonyl (C=O) groups is 1. The predicted octanol–water partition coefficient (Wildman–Crippen LogP) is 2.68. The van der Waals surface area contributed by atoms with Crippen molar-refractivity contribution < 1.29 is 55.2 Å². The minimum absolute atomic E-state index is 0.0445. The van der Waals surface area contributed by atoms with E-state index in [1.807, 2.05) is 0 Å². The third-order valence-corrected chi connectivity index (χ3v) is 3.49. The van der Waals surface area contributed by atoms with Crippen molar-refractivity contribution in [3.8, 4) is 5.75 Å². The third kappa shape index (κ3) is 11.2. The lowest BCUT2D eigenvalue weighted by Gasteiger charge is -2.09. The normalized spacial score (nSPS) is 10.8. The van der Waals surface area contributed by atoms with Gasteiger partial charge in [0.1, 0.15) is 6.61 Å². The summed E-state index contributed by atoms with van der Waals surface area (Å²) in [5.74, 6) is -14.4. The lowest BCUT2D eigenvalue weighted by Crippen LogP contribution is -2.20. The minimum Gasteiger partial charge on any atom is -0.418 e. The van der Waals surface area contributed by atoms with Crippen LogP contribution in [0.3, 0.4) is 0 Å². The lowest BCUT2D eigenvalue weighted by molar-refractivity contribution is -0.140. The van der Waals surface area contributed by atoms with E-state index in [9.17, 15) is 26.7 Å². The van der Waals surface area contributed by atoms with E-state index in [0.29, 0.717) is 33.0 Å². The molecule has 1 aromatic carbocycles. The molecule has 10 nitrogen and oxygen atoms in total. The van der Waals surface area contributed by atoms with E-state index in [-0.39, 0.29) is 33.0 Å². The molecule has 0 atom stereocenters. The van der Waals surface area contributed by atoms with Crippen LogP contribution in [0.25, 0.3) is 10.4 Å². The van der Waals surface area contributed by atoms with Crippen LogP contribution in [0, 0.1) is 29.1 Å². The molecule has 0 bridgehead atoms. The van der Waals surface area contributed by atoms with Gasteiger partial charge in [-0.1, -0.05) is 5.11 Å². The van der Waals surface area contributed by atoms with Gasteiger partial charge in [0.25, 0.3) is 0 Å².